The van der Waals surface area contributed by atoms with E-state index in [1.165, 1.54) is 11.3 Å². The van der Waals surface area contributed by atoms with Gasteiger partial charge < -0.3 is 10.6 Å². The molecule has 0 radical (unpaired) electrons. The van der Waals surface area contributed by atoms with E-state index in [1.54, 1.807) is 6.07 Å². The van der Waals surface area contributed by atoms with E-state index in [4.69, 9.17) is 0 Å². The standard InChI is InChI=1S/C14H14N2O2S/c1-10-5-2-3-7-12(10)16-14(18)13(17)15-9-11-6-4-8-19-11/h2-8H,9H2,1H3,(H,15,17)(H,16,18). The summed E-state index contributed by atoms with van der Waals surface area (Å²) in [4.78, 5) is 24.4. The number of hydrogen-bond acceptors (Lipinski definition) is 3. The number of carbonyl (C=O) groups is 2. The van der Waals surface area contributed by atoms with Gasteiger partial charge in [0.25, 0.3) is 0 Å². The second kappa shape index (κ2) is 6.15. The molecule has 0 aliphatic carbocycles. The Kier molecular flexibility index (Phi) is 4.30. The molecule has 0 aliphatic rings. The highest BCUT2D eigenvalue weighted by atomic mass is 32.1. The van der Waals surface area contributed by atoms with Crippen LogP contribution in [0.4, 0.5) is 5.69 Å². The normalized spacial score (nSPS) is 9.95. The monoisotopic (exact) mass is 274 g/mol. The number of rotatable bonds is 3. The van der Waals surface area contributed by atoms with Crippen LogP contribution in [-0.2, 0) is 16.1 Å². The van der Waals surface area contributed by atoms with Crippen LogP contribution in [0.15, 0.2) is 41.8 Å². The molecule has 0 atom stereocenters. The van der Waals surface area contributed by atoms with E-state index in [0.29, 0.717) is 12.2 Å². The van der Waals surface area contributed by atoms with Crippen molar-refractivity contribution in [3.05, 3.63) is 52.2 Å². The van der Waals surface area contributed by atoms with E-state index in [0.717, 1.165) is 10.4 Å². The predicted octanol–water partition coefficient (Wildman–Crippen LogP) is 2.31. The number of hydrogen-bond donors (Lipinski definition) is 2. The fourth-order valence-corrected chi connectivity index (χ4v) is 2.20. The molecule has 0 saturated heterocycles. The van der Waals surface area contributed by atoms with Gasteiger partial charge in [0.2, 0.25) is 0 Å². The number of benzene rings is 1. The molecule has 19 heavy (non-hydrogen) atoms. The van der Waals surface area contributed by atoms with Crippen LogP contribution in [0.1, 0.15) is 10.4 Å². The van der Waals surface area contributed by atoms with Crippen molar-refractivity contribution >= 4 is 28.8 Å². The molecule has 1 aromatic carbocycles. The zero-order chi connectivity index (χ0) is 13.7. The molecule has 2 N–H and O–H groups in total. The number of nitrogens with one attached hydrogen (secondary N) is 2. The molecular weight excluding hydrogens is 260 g/mol. The number of para-hydroxylation sites is 1. The number of thiophene rings is 1. The van der Waals surface area contributed by atoms with Crippen molar-refractivity contribution in [1.29, 1.82) is 0 Å². The maximum absolute atomic E-state index is 11.7. The van der Waals surface area contributed by atoms with Crippen LogP contribution in [0, 0.1) is 6.92 Å². The van der Waals surface area contributed by atoms with Gasteiger partial charge in [-0.25, -0.2) is 0 Å². The Labute approximate surface area is 115 Å². The van der Waals surface area contributed by atoms with E-state index in [9.17, 15) is 9.59 Å². The second-order valence-corrected chi connectivity index (χ2v) is 5.06. The molecule has 1 aromatic heterocycles. The average Bonchev–Trinajstić information content (AvgIpc) is 2.91. The van der Waals surface area contributed by atoms with Gasteiger partial charge in [-0.05, 0) is 30.0 Å². The first-order valence-electron chi connectivity index (χ1n) is 5.84. The van der Waals surface area contributed by atoms with Crippen molar-refractivity contribution in [3.63, 3.8) is 0 Å². The van der Waals surface area contributed by atoms with Gasteiger partial charge in [-0.3, -0.25) is 9.59 Å². The van der Waals surface area contributed by atoms with Crippen LogP contribution in [0.25, 0.3) is 0 Å². The summed E-state index contributed by atoms with van der Waals surface area (Å²) in [5, 5.41) is 7.10. The third-order valence-corrected chi connectivity index (χ3v) is 3.48. The zero-order valence-electron chi connectivity index (χ0n) is 10.5. The second-order valence-electron chi connectivity index (χ2n) is 4.03. The van der Waals surface area contributed by atoms with Crippen molar-refractivity contribution < 1.29 is 9.59 Å². The highest BCUT2D eigenvalue weighted by molar-refractivity contribution is 7.09. The van der Waals surface area contributed by atoms with E-state index in [2.05, 4.69) is 10.6 Å². The molecule has 98 valence electrons. The number of amides is 2. The zero-order valence-corrected chi connectivity index (χ0v) is 11.3. The Balaban J connectivity index is 1.89. The summed E-state index contributed by atoms with van der Waals surface area (Å²) in [5.74, 6) is -1.28. The lowest BCUT2D eigenvalue weighted by Gasteiger charge is -2.07. The van der Waals surface area contributed by atoms with Crippen molar-refractivity contribution in [3.8, 4) is 0 Å². The lowest BCUT2D eigenvalue weighted by molar-refractivity contribution is -0.136. The molecule has 0 aliphatic heterocycles. The van der Waals surface area contributed by atoms with Crippen molar-refractivity contribution in [2.24, 2.45) is 0 Å². The molecule has 0 saturated carbocycles. The highest BCUT2D eigenvalue weighted by Gasteiger charge is 2.14. The van der Waals surface area contributed by atoms with E-state index < -0.39 is 11.8 Å². The molecule has 2 rings (SSSR count). The molecule has 4 nitrogen and oxygen atoms in total. The van der Waals surface area contributed by atoms with E-state index >= 15 is 0 Å². The Morgan fingerprint density at radius 3 is 2.58 bits per heavy atom. The molecule has 0 unspecified atom stereocenters. The molecule has 0 fully saturated rings. The average molecular weight is 274 g/mol. The summed E-state index contributed by atoms with van der Waals surface area (Å²) in [5.41, 5.74) is 1.57. The van der Waals surface area contributed by atoms with Crippen molar-refractivity contribution in [2.75, 3.05) is 5.32 Å². The van der Waals surface area contributed by atoms with Crippen LogP contribution in [0.2, 0.25) is 0 Å². The predicted molar refractivity (Wildman–Crippen MR) is 76.0 cm³/mol. The first-order chi connectivity index (χ1) is 9.16. The van der Waals surface area contributed by atoms with Gasteiger partial charge in [-0.15, -0.1) is 11.3 Å². The van der Waals surface area contributed by atoms with Gasteiger partial charge >= 0.3 is 11.8 Å². The third kappa shape index (κ3) is 3.66. The minimum absolute atomic E-state index is 0.373. The first-order valence-corrected chi connectivity index (χ1v) is 6.72. The largest absolute Gasteiger partial charge is 0.343 e. The SMILES string of the molecule is Cc1ccccc1NC(=O)C(=O)NCc1cccs1. The molecule has 2 aromatic rings. The smallest absolute Gasteiger partial charge is 0.313 e. The van der Waals surface area contributed by atoms with Gasteiger partial charge in [0.15, 0.2) is 0 Å². The van der Waals surface area contributed by atoms with Crippen LogP contribution in [0.3, 0.4) is 0 Å². The Morgan fingerprint density at radius 2 is 1.89 bits per heavy atom. The minimum atomic E-state index is -0.647. The summed E-state index contributed by atoms with van der Waals surface area (Å²) in [7, 11) is 0. The lowest BCUT2D eigenvalue weighted by atomic mass is 10.2. The molecule has 0 bridgehead atoms. The van der Waals surface area contributed by atoms with Gasteiger partial charge in [-0.2, -0.15) is 0 Å². The van der Waals surface area contributed by atoms with Gasteiger partial charge in [0.1, 0.15) is 0 Å². The topological polar surface area (TPSA) is 58.2 Å². The summed E-state index contributed by atoms with van der Waals surface area (Å²) in [6.45, 7) is 2.25. The third-order valence-electron chi connectivity index (χ3n) is 2.60. The molecular formula is C14H14N2O2S. The molecule has 0 spiro atoms. The van der Waals surface area contributed by atoms with Gasteiger partial charge in [0, 0.05) is 10.6 Å². The molecule has 1 heterocycles. The van der Waals surface area contributed by atoms with Gasteiger partial charge in [-0.1, -0.05) is 24.3 Å². The molecule has 2 amide bonds. The van der Waals surface area contributed by atoms with E-state index in [-0.39, 0.29) is 0 Å². The number of aryl methyl sites for hydroxylation is 1. The summed E-state index contributed by atoms with van der Waals surface area (Å²) in [6.07, 6.45) is 0. The Hall–Kier alpha value is -2.14. The lowest BCUT2D eigenvalue weighted by Crippen LogP contribution is -2.34. The van der Waals surface area contributed by atoms with Crippen LogP contribution in [-0.4, -0.2) is 11.8 Å². The highest BCUT2D eigenvalue weighted by Crippen LogP contribution is 2.12. The van der Waals surface area contributed by atoms with Crippen LogP contribution in [0.5, 0.6) is 0 Å². The van der Waals surface area contributed by atoms with Crippen LogP contribution >= 0.6 is 11.3 Å². The first kappa shape index (κ1) is 13.3. The van der Waals surface area contributed by atoms with E-state index in [1.807, 2.05) is 42.6 Å². The number of anilines is 1. The Bertz CT molecular complexity index is 579. The maximum Gasteiger partial charge on any atom is 0.313 e. The molecule has 5 heteroatoms. The quantitative estimate of drug-likeness (QED) is 0.844. The van der Waals surface area contributed by atoms with Crippen molar-refractivity contribution in [2.45, 2.75) is 13.5 Å². The fraction of sp³-hybridized carbons (Fsp3) is 0.143. The summed E-state index contributed by atoms with van der Waals surface area (Å²) >= 11 is 1.54. The summed E-state index contributed by atoms with van der Waals surface area (Å²) < 4.78 is 0. The number of carbonyl (C=O) groups excluding carboxylic acids is 2. The minimum Gasteiger partial charge on any atom is -0.343 e. The fourth-order valence-electron chi connectivity index (χ4n) is 1.55. The van der Waals surface area contributed by atoms with Crippen LogP contribution < -0.4 is 10.6 Å². The van der Waals surface area contributed by atoms with Gasteiger partial charge in [0.05, 0.1) is 6.54 Å². The Morgan fingerprint density at radius 1 is 1.11 bits per heavy atom. The summed E-state index contributed by atoms with van der Waals surface area (Å²) in [6, 6.07) is 11.1. The maximum atomic E-state index is 11.7. The van der Waals surface area contributed by atoms with Crippen molar-refractivity contribution in [1.82, 2.24) is 5.32 Å².